The van der Waals surface area contributed by atoms with Crippen molar-refractivity contribution in [2.45, 2.75) is 13.3 Å². The van der Waals surface area contributed by atoms with Crippen molar-refractivity contribution in [3.05, 3.63) is 11.9 Å². The van der Waals surface area contributed by atoms with Gasteiger partial charge in [-0.25, -0.2) is 5.01 Å². The van der Waals surface area contributed by atoms with Crippen LogP contribution in [0.15, 0.2) is 16.5 Å². The van der Waals surface area contributed by atoms with E-state index in [1.807, 2.05) is 6.92 Å². The van der Waals surface area contributed by atoms with E-state index >= 15 is 0 Å². The molecule has 1 aliphatic heterocycles. The Kier molecular flexibility index (Phi) is 1.44. The zero-order chi connectivity index (χ0) is 8.55. The van der Waals surface area contributed by atoms with Gasteiger partial charge in [-0.15, -0.1) is 5.11 Å². The van der Waals surface area contributed by atoms with Crippen molar-refractivity contribution < 1.29 is 5.11 Å². The number of nitrogens with one attached hydrogen (secondary N) is 2. The van der Waals surface area contributed by atoms with Gasteiger partial charge < -0.3 is 5.11 Å². The predicted octanol–water partition coefficient (Wildman–Crippen LogP) is -0.314. The molecule has 64 valence electrons. The molecule has 0 saturated heterocycles. The molecule has 1 unspecified atom stereocenters. The molecule has 7 heteroatoms. The molecule has 3 N–H and O–H groups in total. The van der Waals surface area contributed by atoms with Gasteiger partial charge in [0.1, 0.15) is 5.69 Å². The minimum atomic E-state index is -0.971. The van der Waals surface area contributed by atoms with Crippen LogP contribution in [0.4, 0.5) is 5.69 Å². The highest BCUT2D eigenvalue weighted by Gasteiger charge is 2.22. The maximum absolute atomic E-state index is 9.25. The molecule has 0 bridgehead atoms. The molecule has 0 aromatic carbocycles. The van der Waals surface area contributed by atoms with Crippen molar-refractivity contribution in [2.75, 3.05) is 5.01 Å². The molecule has 1 aliphatic rings. The lowest BCUT2D eigenvalue weighted by Gasteiger charge is -2.16. The molecular weight excluding hydrogens is 160 g/mol. The zero-order valence-electron chi connectivity index (χ0n) is 6.39. The number of aliphatic hydroxyl groups excluding tert-OH is 1. The Hall–Kier alpha value is -1.63. The lowest BCUT2D eigenvalue weighted by atomic mass is 10.4. The average molecular weight is 168 g/mol. The summed E-state index contributed by atoms with van der Waals surface area (Å²) in [6.45, 7) is 1.84. The van der Waals surface area contributed by atoms with E-state index in [0.717, 1.165) is 11.4 Å². The molecule has 1 aromatic rings. The Labute approximate surface area is 68.0 Å². The third-order valence-corrected chi connectivity index (χ3v) is 1.61. The monoisotopic (exact) mass is 168 g/mol. The Morgan fingerprint density at radius 1 is 1.67 bits per heavy atom. The third-order valence-electron chi connectivity index (χ3n) is 1.61. The van der Waals surface area contributed by atoms with Gasteiger partial charge in [-0.1, -0.05) is 5.22 Å². The molecule has 12 heavy (non-hydrogen) atoms. The van der Waals surface area contributed by atoms with E-state index in [1.54, 1.807) is 6.20 Å². The van der Waals surface area contributed by atoms with E-state index in [0.29, 0.717) is 0 Å². The van der Waals surface area contributed by atoms with E-state index < -0.39 is 6.35 Å². The molecule has 0 radical (unpaired) electrons. The molecule has 7 nitrogen and oxygen atoms in total. The standard InChI is InChI=1S/C5H8N6O/c1-3-4(2-6-7-3)11-5(12)8-9-10-11/h2,5,12H,1H3,(H,6,7)(H,8,10). The number of nitrogens with zero attached hydrogens (tertiary/aromatic N) is 4. The van der Waals surface area contributed by atoms with Crippen LogP contribution in [-0.2, 0) is 0 Å². The second-order valence-electron chi connectivity index (χ2n) is 2.41. The Bertz CT molecular complexity index is 307. The van der Waals surface area contributed by atoms with E-state index in [4.69, 9.17) is 0 Å². The van der Waals surface area contributed by atoms with Gasteiger partial charge >= 0.3 is 0 Å². The minimum Gasteiger partial charge on any atom is -0.352 e. The van der Waals surface area contributed by atoms with Crippen molar-refractivity contribution in [3.63, 3.8) is 0 Å². The van der Waals surface area contributed by atoms with Gasteiger partial charge in [-0.3, -0.25) is 5.10 Å². The van der Waals surface area contributed by atoms with Gasteiger partial charge in [-0.05, 0) is 6.92 Å². The normalized spacial score (nSPS) is 21.5. The largest absolute Gasteiger partial charge is 0.352 e. The number of aromatic nitrogens is 2. The molecule has 0 amide bonds. The summed E-state index contributed by atoms with van der Waals surface area (Å²) < 4.78 is 0. The number of rotatable bonds is 1. The second kappa shape index (κ2) is 2.45. The number of hydrazine groups is 1. The fraction of sp³-hybridized carbons (Fsp3) is 0.400. The SMILES string of the molecule is Cc1[nH]ncc1N1NN=NC1O. The fourth-order valence-electron chi connectivity index (χ4n) is 0.994. The van der Waals surface area contributed by atoms with Crippen LogP contribution in [0.2, 0.25) is 0 Å². The fourth-order valence-corrected chi connectivity index (χ4v) is 0.994. The van der Waals surface area contributed by atoms with Crippen LogP contribution in [0.25, 0.3) is 0 Å². The highest BCUT2D eigenvalue weighted by Crippen LogP contribution is 2.19. The lowest BCUT2D eigenvalue weighted by Crippen LogP contribution is -2.37. The van der Waals surface area contributed by atoms with Crippen molar-refractivity contribution in [1.82, 2.24) is 15.7 Å². The summed E-state index contributed by atoms with van der Waals surface area (Å²) in [5.41, 5.74) is 4.10. The summed E-state index contributed by atoms with van der Waals surface area (Å²) in [4.78, 5) is 0. The molecule has 0 spiro atoms. The maximum Gasteiger partial charge on any atom is 0.265 e. The summed E-state index contributed by atoms with van der Waals surface area (Å²) in [5, 5.41) is 24.1. The summed E-state index contributed by atoms with van der Waals surface area (Å²) in [6, 6.07) is 0. The lowest BCUT2D eigenvalue weighted by molar-refractivity contribution is 0.183. The van der Waals surface area contributed by atoms with Gasteiger partial charge in [-0.2, -0.15) is 10.6 Å². The average Bonchev–Trinajstić information content (AvgIpc) is 2.59. The van der Waals surface area contributed by atoms with Crippen LogP contribution >= 0.6 is 0 Å². The minimum absolute atomic E-state index is 0.729. The highest BCUT2D eigenvalue weighted by molar-refractivity contribution is 5.47. The second-order valence-corrected chi connectivity index (χ2v) is 2.41. The van der Waals surface area contributed by atoms with E-state index in [9.17, 15) is 5.11 Å². The zero-order valence-corrected chi connectivity index (χ0v) is 6.39. The van der Waals surface area contributed by atoms with Crippen LogP contribution in [0.3, 0.4) is 0 Å². The van der Waals surface area contributed by atoms with E-state index in [1.165, 1.54) is 5.01 Å². The molecule has 1 aromatic heterocycles. The summed E-state index contributed by atoms with van der Waals surface area (Å²) in [5.74, 6) is 0. The smallest absolute Gasteiger partial charge is 0.265 e. The number of hydrogen-bond acceptors (Lipinski definition) is 6. The van der Waals surface area contributed by atoms with Crippen molar-refractivity contribution in [3.8, 4) is 0 Å². The summed E-state index contributed by atoms with van der Waals surface area (Å²) in [6.07, 6.45) is 0.614. The molecule has 0 fully saturated rings. The van der Waals surface area contributed by atoms with Crippen LogP contribution in [0.5, 0.6) is 0 Å². The van der Waals surface area contributed by atoms with Crippen LogP contribution in [0, 0.1) is 6.92 Å². The van der Waals surface area contributed by atoms with Crippen molar-refractivity contribution in [1.29, 1.82) is 0 Å². The summed E-state index contributed by atoms with van der Waals surface area (Å²) in [7, 11) is 0. The quantitative estimate of drug-likeness (QED) is 0.536. The van der Waals surface area contributed by atoms with Crippen molar-refractivity contribution in [2.24, 2.45) is 10.3 Å². The third kappa shape index (κ3) is 0.909. The number of aryl methyl sites for hydroxylation is 1. The molecule has 0 saturated carbocycles. The predicted molar refractivity (Wildman–Crippen MR) is 39.8 cm³/mol. The molecule has 2 rings (SSSR count). The van der Waals surface area contributed by atoms with Crippen molar-refractivity contribution >= 4 is 5.69 Å². The highest BCUT2D eigenvalue weighted by atomic mass is 16.3. The van der Waals surface area contributed by atoms with Gasteiger partial charge in [0.2, 0.25) is 0 Å². The molecule has 2 heterocycles. The van der Waals surface area contributed by atoms with Gasteiger partial charge in [0.05, 0.1) is 11.9 Å². The number of H-pyrrole nitrogens is 1. The number of aliphatic hydroxyl groups is 1. The van der Waals surface area contributed by atoms with E-state index in [2.05, 4.69) is 26.1 Å². The number of aromatic amines is 1. The molecular formula is C5H8N6O. The Morgan fingerprint density at radius 3 is 3.00 bits per heavy atom. The van der Waals surface area contributed by atoms with Crippen LogP contribution in [-0.4, -0.2) is 21.7 Å². The van der Waals surface area contributed by atoms with Crippen LogP contribution in [0.1, 0.15) is 5.69 Å². The van der Waals surface area contributed by atoms with Gasteiger partial charge in [0.15, 0.2) is 0 Å². The molecule has 0 aliphatic carbocycles. The first-order valence-corrected chi connectivity index (χ1v) is 3.42. The van der Waals surface area contributed by atoms with Gasteiger partial charge in [0.25, 0.3) is 6.35 Å². The van der Waals surface area contributed by atoms with Gasteiger partial charge in [0, 0.05) is 0 Å². The number of anilines is 1. The molecule has 1 atom stereocenters. The van der Waals surface area contributed by atoms with E-state index in [-0.39, 0.29) is 0 Å². The maximum atomic E-state index is 9.25. The van der Waals surface area contributed by atoms with Crippen LogP contribution < -0.4 is 10.5 Å². The first kappa shape index (κ1) is 7.04. The topological polar surface area (TPSA) is 88.9 Å². The summed E-state index contributed by atoms with van der Waals surface area (Å²) >= 11 is 0. The Morgan fingerprint density at radius 2 is 2.50 bits per heavy atom. The first-order valence-electron chi connectivity index (χ1n) is 3.42. The number of hydrogen-bond donors (Lipinski definition) is 3. The Balaban J connectivity index is 2.26. The first-order chi connectivity index (χ1) is 5.79.